The van der Waals surface area contributed by atoms with E-state index in [-0.39, 0.29) is 36.7 Å². The molecule has 0 fully saturated rings. The Hall–Kier alpha value is -3.65. The van der Waals surface area contributed by atoms with Crippen molar-refractivity contribution in [3.63, 3.8) is 0 Å². The van der Waals surface area contributed by atoms with Crippen LogP contribution in [-0.4, -0.2) is 21.9 Å². The van der Waals surface area contributed by atoms with Crippen molar-refractivity contribution in [1.82, 2.24) is 4.57 Å². The number of nitro groups is 1. The first-order valence-electron chi connectivity index (χ1n) is 9.15. The Morgan fingerprint density at radius 3 is 2.57 bits per heavy atom. The highest BCUT2D eigenvalue weighted by atomic mass is 35.5. The van der Waals surface area contributed by atoms with Gasteiger partial charge < -0.3 is 15.2 Å². The summed E-state index contributed by atoms with van der Waals surface area (Å²) >= 11 is 6.15. The summed E-state index contributed by atoms with van der Waals surface area (Å²) in [4.78, 5) is 34.9. The highest BCUT2D eigenvalue weighted by Gasteiger charge is 2.12. The van der Waals surface area contributed by atoms with E-state index in [1.54, 1.807) is 30.5 Å². The Morgan fingerprint density at radius 2 is 1.80 bits per heavy atom. The second kappa shape index (κ2) is 9.71. The third-order valence-corrected chi connectivity index (χ3v) is 4.70. The molecule has 9 heteroatoms. The zero-order valence-corrected chi connectivity index (χ0v) is 16.6. The number of benzene rings is 2. The number of halogens is 1. The van der Waals surface area contributed by atoms with E-state index >= 15 is 0 Å². The summed E-state index contributed by atoms with van der Waals surface area (Å²) in [6.45, 7) is 0.497. The van der Waals surface area contributed by atoms with Crippen molar-refractivity contribution in [2.45, 2.75) is 13.0 Å². The largest absolute Gasteiger partial charge is 0.379 e. The van der Waals surface area contributed by atoms with Crippen molar-refractivity contribution in [1.29, 1.82) is 0 Å². The fraction of sp³-hybridized carbons (Fsp3) is 0.143. The normalized spacial score (nSPS) is 10.4. The van der Waals surface area contributed by atoms with Crippen LogP contribution >= 0.6 is 11.6 Å². The second-order valence-electron chi connectivity index (χ2n) is 6.47. The number of rotatable bonds is 8. The minimum Gasteiger partial charge on any atom is -0.379 e. The lowest BCUT2D eigenvalue weighted by molar-refractivity contribution is -0.384. The van der Waals surface area contributed by atoms with E-state index in [0.29, 0.717) is 16.4 Å². The number of aromatic nitrogens is 1. The molecule has 0 saturated heterocycles. The first-order chi connectivity index (χ1) is 14.4. The molecule has 0 saturated carbocycles. The number of hydrogen-bond donors (Lipinski definition) is 2. The molecule has 1 aromatic heterocycles. The van der Waals surface area contributed by atoms with Gasteiger partial charge in [-0.2, -0.15) is 0 Å². The second-order valence-corrected chi connectivity index (χ2v) is 6.88. The van der Waals surface area contributed by atoms with E-state index in [2.05, 4.69) is 10.6 Å². The number of hydrogen-bond acceptors (Lipinski definition) is 5. The minimum atomic E-state index is -0.482. The van der Waals surface area contributed by atoms with E-state index < -0.39 is 4.92 Å². The summed E-state index contributed by atoms with van der Waals surface area (Å²) in [5.41, 5.74) is 1.34. The molecule has 1 heterocycles. The van der Waals surface area contributed by atoms with Crippen LogP contribution in [0, 0.1) is 10.1 Å². The summed E-state index contributed by atoms with van der Waals surface area (Å²) in [5, 5.41) is 17.2. The summed E-state index contributed by atoms with van der Waals surface area (Å²) in [5.74, 6) is -0.288. The lowest BCUT2D eigenvalue weighted by Gasteiger charge is -2.11. The smallest absolute Gasteiger partial charge is 0.292 e. The van der Waals surface area contributed by atoms with Crippen LogP contribution in [0.1, 0.15) is 12.0 Å². The first kappa shape index (κ1) is 21.1. The first-order valence-corrected chi connectivity index (χ1v) is 9.53. The van der Waals surface area contributed by atoms with Crippen LogP contribution in [0.3, 0.4) is 0 Å². The van der Waals surface area contributed by atoms with Gasteiger partial charge in [-0.05, 0) is 23.8 Å². The van der Waals surface area contributed by atoms with Crippen molar-refractivity contribution < 1.29 is 9.72 Å². The molecule has 0 spiro atoms. The van der Waals surface area contributed by atoms with E-state index in [4.69, 9.17) is 11.6 Å². The van der Waals surface area contributed by atoms with Crippen LogP contribution in [-0.2, 0) is 11.3 Å². The average molecular weight is 427 g/mol. The van der Waals surface area contributed by atoms with Crippen molar-refractivity contribution in [2.75, 3.05) is 17.2 Å². The van der Waals surface area contributed by atoms with Crippen molar-refractivity contribution >= 4 is 34.6 Å². The molecule has 8 nitrogen and oxygen atoms in total. The molecule has 0 aliphatic rings. The van der Waals surface area contributed by atoms with Gasteiger partial charge in [0.05, 0.1) is 17.2 Å². The summed E-state index contributed by atoms with van der Waals surface area (Å²) < 4.78 is 1.46. The number of carbonyl (C=O) groups is 1. The Balaban J connectivity index is 1.60. The number of amides is 1. The van der Waals surface area contributed by atoms with Crippen molar-refractivity contribution in [3.8, 4) is 0 Å². The maximum Gasteiger partial charge on any atom is 0.292 e. The number of anilines is 2. The number of nitrogens with one attached hydrogen (secondary N) is 2. The Kier molecular flexibility index (Phi) is 6.82. The van der Waals surface area contributed by atoms with Gasteiger partial charge in [0.1, 0.15) is 5.69 Å². The predicted octanol–water partition coefficient (Wildman–Crippen LogP) is 3.90. The Morgan fingerprint density at radius 1 is 1.07 bits per heavy atom. The molecule has 0 atom stereocenters. The third-order valence-electron chi connectivity index (χ3n) is 4.33. The van der Waals surface area contributed by atoms with Gasteiger partial charge in [-0.15, -0.1) is 0 Å². The van der Waals surface area contributed by atoms with Crippen molar-refractivity contribution in [2.24, 2.45) is 0 Å². The van der Waals surface area contributed by atoms with Gasteiger partial charge in [0.25, 0.3) is 11.2 Å². The lowest BCUT2D eigenvalue weighted by atomic mass is 10.2. The van der Waals surface area contributed by atoms with E-state index in [0.717, 1.165) is 5.56 Å². The van der Waals surface area contributed by atoms with Gasteiger partial charge in [0.15, 0.2) is 0 Å². The molecule has 2 aromatic carbocycles. The van der Waals surface area contributed by atoms with E-state index in [1.807, 2.05) is 18.2 Å². The van der Waals surface area contributed by atoms with Crippen LogP contribution in [0.2, 0.25) is 5.02 Å². The van der Waals surface area contributed by atoms with E-state index in [1.165, 1.54) is 22.8 Å². The zero-order chi connectivity index (χ0) is 21.5. The molecular formula is C21H19ClN4O4. The number of pyridine rings is 1. The van der Waals surface area contributed by atoms with Gasteiger partial charge >= 0.3 is 0 Å². The predicted molar refractivity (Wildman–Crippen MR) is 116 cm³/mol. The molecule has 0 unspecified atom stereocenters. The molecule has 3 aromatic rings. The van der Waals surface area contributed by atoms with E-state index in [9.17, 15) is 19.7 Å². The number of carbonyl (C=O) groups excluding carboxylic acids is 1. The monoisotopic (exact) mass is 426 g/mol. The molecule has 0 aliphatic carbocycles. The van der Waals surface area contributed by atoms with Crippen LogP contribution in [0.15, 0.2) is 71.7 Å². The SMILES string of the molecule is O=C(CCNc1ccccc1[N+](=O)[O-])Nc1ccc(=O)n(Cc2ccccc2Cl)c1. The molecule has 154 valence electrons. The molecule has 0 aliphatic heterocycles. The van der Waals surface area contributed by atoms with Crippen LogP contribution in [0.5, 0.6) is 0 Å². The molecule has 0 radical (unpaired) electrons. The number of nitro benzene ring substituents is 1. The third kappa shape index (κ3) is 5.45. The molecule has 30 heavy (non-hydrogen) atoms. The maximum absolute atomic E-state index is 12.2. The summed E-state index contributed by atoms with van der Waals surface area (Å²) in [6, 6.07) is 16.4. The lowest BCUT2D eigenvalue weighted by Crippen LogP contribution is -2.22. The molecule has 2 N–H and O–H groups in total. The standard InChI is InChI=1S/C21H19ClN4O4/c22-17-6-2-1-5-15(17)13-25-14-16(9-10-21(25)28)24-20(27)11-12-23-18-7-3-4-8-19(18)26(29)30/h1-10,14,23H,11-13H2,(H,24,27). The van der Waals surface area contributed by atoms with Crippen molar-refractivity contribution in [3.05, 3.63) is 97.9 Å². The van der Waals surface area contributed by atoms with Crippen LogP contribution < -0.4 is 16.2 Å². The fourth-order valence-electron chi connectivity index (χ4n) is 2.86. The highest BCUT2D eigenvalue weighted by Crippen LogP contribution is 2.23. The molecular weight excluding hydrogens is 408 g/mol. The summed E-state index contributed by atoms with van der Waals surface area (Å²) in [7, 11) is 0. The number of nitrogens with zero attached hydrogens (tertiary/aromatic N) is 2. The van der Waals surface area contributed by atoms with Crippen LogP contribution in [0.4, 0.5) is 17.1 Å². The van der Waals surface area contributed by atoms with Gasteiger partial charge in [0, 0.05) is 36.3 Å². The molecule has 0 bridgehead atoms. The number of para-hydroxylation sites is 2. The molecule has 3 rings (SSSR count). The quantitative estimate of drug-likeness (QED) is 0.419. The van der Waals surface area contributed by atoms with Gasteiger partial charge in [-0.1, -0.05) is 41.9 Å². The fourth-order valence-corrected chi connectivity index (χ4v) is 3.05. The topological polar surface area (TPSA) is 106 Å². The summed E-state index contributed by atoms with van der Waals surface area (Å²) in [6.07, 6.45) is 1.65. The van der Waals surface area contributed by atoms with Gasteiger partial charge in [0.2, 0.25) is 5.91 Å². The Bertz CT molecular complexity index is 1130. The molecule has 1 amide bonds. The van der Waals surface area contributed by atoms with Gasteiger partial charge in [-0.25, -0.2) is 0 Å². The maximum atomic E-state index is 12.2. The Labute approximate surface area is 177 Å². The zero-order valence-electron chi connectivity index (χ0n) is 15.9. The minimum absolute atomic E-state index is 0.0513. The average Bonchev–Trinajstić information content (AvgIpc) is 2.72. The van der Waals surface area contributed by atoms with Crippen LogP contribution in [0.25, 0.3) is 0 Å². The van der Waals surface area contributed by atoms with Gasteiger partial charge in [-0.3, -0.25) is 19.7 Å². The highest BCUT2D eigenvalue weighted by molar-refractivity contribution is 6.31.